The van der Waals surface area contributed by atoms with E-state index in [1.807, 2.05) is 0 Å². The van der Waals surface area contributed by atoms with Gasteiger partial charge in [0.05, 0.1) is 4.90 Å². The van der Waals surface area contributed by atoms with E-state index >= 15 is 0 Å². The molecule has 1 saturated heterocycles. The Morgan fingerprint density at radius 2 is 1.70 bits per heavy atom. The van der Waals surface area contributed by atoms with E-state index in [1.165, 1.54) is 28.6 Å². The molecule has 1 heterocycles. The number of nitrogens with zero attached hydrogens (tertiary/aromatic N) is 1. The molecule has 20 heavy (non-hydrogen) atoms. The van der Waals surface area contributed by atoms with Crippen molar-refractivity contribution in [2.75, 3.05) is 13.1 Å². The quantitative estimate of drug-likeness (QED) is 0.500. The maximum atomic E-state index is 12.4. The second kappa shape index (κ2) is 8.03. The first kappa shape index (κ1) is 18.3. The number of benzene rings is 1. The van der Waals surface area contributed by atoms with Gasteiger partial charge >= 0.3 is 29.6 Å². The molecule has 1 aliphatic heterocycles. The topological polar surface area (TPSA) is 77.5 Å². The van der Waals surface area contributed by atoms with Crippen LogP contribution in [0.25, 0.3) is 0 Å². The summed E-state index contributed by atoms with van der Waals surface area (Å²) < 4.78 is 48.1. The van der Waals surface area contributed by atoms with Crippen molar-refractivity contribution in [3.63, 3.8) is 0 Å². The van der Waals surface area contributed by atoms with Gasteiger partial charge in [-0.2, -0.15) is 4.31 Å². The van der Waals surface area contributed by atoms with Crippen LogP contribution in [-0.4, -0.2) is 34.6 Å². The molecule has 0 radical (unpaired) electrons. The zero-order chi connectivity index (χ0) is 13.9. The predicted molar refractivity (Wildman–Crippen MR) is 70.9 cm³/mol. The molecular weight excluding hydrogens is 309 g/mol. The van der Waals surface area contributed by atoms with Gasteiger partial charge < -0.3 is 4.55 Å². The number of rotatable bonds is 3. The molecule has 1 aromatic rings. The zero-order valence-corrected chi connectivity index (χ0v) is 15.1. The third-order valence-corrected chi connectivity index (χ3v) is 5.73. The van der Waals surface area contributed by atoms with Gasteiger partial charge in [-0.05, 0) is 42.1 Å². The predicted octanol–water partition coefficient (Wildman–Crippen LogP) is -1.51. The fraction of sp³-hybridized carbons (Fsp3) is 0.500. The number of hydrogen-bond acceptors (Lipinski definition) is 4. The van der Waals surface area contributed by atoms with Gasteiger partial charge in [-0.1, -0.05) is 18.9 Å². The van der Waals surface area contributed by atoms with Crippen molar-refractivity contribution in [2.45, 2.75) is 35.5 Å². The number of hydrogen-bond donors (Lipinski definition) is 0. The fourth-order valence-electron chi connectivity index (χ4n) is 2.17. The third kappa shape index (κ3) is 4.37. The Balaban J connectivity index is 0.00000200. The molecule has 0 aliphatic carbocycles. The second-order valence-corrected chi connectivity index (χ2v) is 7.41. The summed E-state index contributed by atoms with van der Waals surface area (Å²) in [5, 5.41) is 0. The second-order valence-electron chi connectivity index (χ2n) is 4.53. The minimum Gasteiger partial charge on any atom is -0.768 e. The van der Waals surface area contributed by atoms with E-state index in [0.29, 0.717) is 13.1 Å². The monoisotopic (exact) mass is 325 g/mol. The first-order valence-electron chi connectivity index (χ1n) is 6.21. The van der Waals surface area contributed by atoms with Crippen molar-refractivity contribution in [3.8, 4) is 0 Å². The molecular formula is C12H16NNaO4S2. The van der Waals surface area contributed by atoms with E-state index in [0.717, 1.165) is 25.7 Å². The molecule has 0 spiro atoms. The largest absolute Gasteiger partial charge is 1.00 e. The summed E-state index contributed by atoms with van der Waals surface area (Å²) >= 11 is -2.42. The summed E-state index contributed by atoms with van der Waals surface area (Å²) in [5.74, 6) is 0. The van der Waals surface area contributed by atoms with Crippen molar-refractivity contribution < 1.29 is 46.7 Å². The maximum absolute atomic E-state index is 12.4. The first-order chi connectivity index (χ1) is 9.01. The minimum absolute atomic E-state index is 0. The van der Waals surface area contributed by atoms with Crippen molar-refractivity contribution in [2.24, 2.45) is 0 Å². The molecule has 1 fully saturated rings. The van der Waals surface area contributed by atoms with Gasteiger partial charge in [0.25, 0.3) is 0 Å². The van der Waals surface area contributed by atoms with Gasteiger partial charge in [-0.15, -0.1) is 0 Å². The normalized spacial score (nSPS) is 18.9. The fourth-order valence-corrected chi connectivity index (χ4v) is 4.22. The van der Waals surface area contributed by atoms with Gasteiger partial charge in [0.1, 0.15) is 0 Å². The summed E-state index contributed by atoms with van der Waals surface area (Å²) in [6.45, 7) is 1.01. The van der Waals surface area contributed by atoms with Crippen LogP contribution in [0.1, 0.15) is 25.7 Å². The Labute approximate surface area is 144 Å². The van der Waals surface area contributed by atoms with Crippen LogP contribution in [0.2, 0.25) is 0 Å². The maximum Gasteiger partial charge on any atom is 1.00 e. The minimum atomic E-state index is -3.58. The van der Waals surface area contributed by atoms with Crippen molar-refractivity contribution in [1.29, 1.82) is 0 Å². The average molecular weight is 325 g/mol. The molecule has 106 valence electrons. The summed E-state index contributed by atoms with van der Waals surface area (Å²) in [7, 11) is -3.58. The van der Waals surface area contributed by atoms with Crippen LogP contribution in [0.3, 0.4) is 0 Å². The molecule has 0 N–H and O–H groups in total. The first-order valence-corrected chi connectivity index (χ1v) is 8.73. The Morgan fingerprint density at radius 3 is 2.25 bits per heavy atom. The summed E-state index contributed by atoms with van der Waals surface area (Å²) in [5.41, 5.74) is 0. The number of sulfonamides is 1. The summed E-state index contributed by atoms with van der Waals surface area (Å²) in [4.78, 5) is 0.0481. The Morgan fingerprint density at radius 1 is 1.10 bits per heavy atom. The van der Waals surface area contributed by atoms with E-state index in [1.54, 1.807) is 0 Å². The molecule has 0 aromatic heterocycles. The van der Waals surface area contributed by atoms with E-state index < -0.39 is 21.1 Å². The molecule has 0 amide bonds. The molecule has 0 bridgehead atoms. The van der Waals surface area contributed by atoms with Gasteiger partial charge in [0.15, 0.2) is 0 Å². The molecule has 2 rings (SSSR count). The Bertz CT molecular complexity index is 569. The van der Waals surface area contributed by atoms with E-state index in [-0.39, 0.29) is 39.3 Å². The Hall–Kier alpha value is 0.240. The van der Waals surface area contributed by atoms with Crippen molar-refractivity contribution >= 4 is 21.1 Å². The van der Waals surface area contributed by atoms with Crippen LogP contribution in [-0.2, 0) is 21.1 Å². The third-order valence-electron chi connectivity index (χ3n) is 3.20. The van der Waals surface area contributed by atoms with E-state index in [2.05, 4.69) is 0 Å². The van der Waals surface area contributed by atoms with Crippen molar-refractivity contribution in [3.05, 3.63) is 24.3 Å². The van der Waals surface area contributed by atoms with Crippen LogP contribution < -0.4 is 29.6 Å². The molecule has 1 aromatic carbocycles. The standard InChI is InChI=1S/C12H17NO4S2.Na/c14-18(15)11-6-5-7-12(10-11)19(16,17)13-8-3-1-2-4-9-13;/h5-7,10H,1-4,8-9H2,(H,14,15);/q;+1/p-1. The van der Waals surface area contributed by atoms with E-state index in [9.17, 15) is 17.2 Å². The SMILES string of the molecule is O=S([O-])c1cccc(S(=O)(=O)N2CCCCCC2)c1.[Na+]. The smallest absolute Gasteiger partial charge is 0.768 e. The molecule has 8 heteroatoms. The Kier molecular flexibility index (Phi) is 7.34. The molecule has 1 unspecified atom stereocenters. The van der Waals surface area contributed by atoms with Crippen LogP contribution in [0.15, 0.2) is 34.1 Å². The van der Waals surface area contributed by atoms with E-state index in [4.69, 9.17) is 0 Å². The summed E-state index contributed by atoms with van der Waals surface area (Å²) in [6.07, 6.45) is 3.78. The molecule has 0 saturated carbocycles. The van der Waals surface area contributed by atoms with Gasteiger partial charge in [-0.3, -0.25) is 4.21 Å². The summed E-state index contributed by atoms with van der Waals surface area (Å²) in [6, 6.07) is 5.49. The van der Waals surface area contributed by atoms with Crippen LogP contribution >= 0.6 is 0 Å². The van der Waals surface area contributed by atoms with Gasteiger partial charge in [0.2, 0.25) is 10.0 Å². The molecule has 1 atom stereocenters. The van der Waals surface area contributed by atoms with Crippen LogP contribution in [0.5, 0.6) is 0 Å². The van der Waals surface area contributed by atoms with Gasteiger partial charge in [-0.25, -0.2) is 8.42 Å². The van der Waals surface area contributed by atoms with Crippen molar-refractivity contribution in [1.82, 2.24) is 4.31 Å². The average Bonchev–Trinajstić information content (AvgIpc) is 2.68. The van der Waals surface area contributed by atoms with Crippen LogP contribution in [0.4, 0.5) is 0 Å². The molecule has 5 nitrogen and oxygen atoms in total. The zero-order valence-electron chi connectivity index (χ0n) is 11.4. The van der Waals surface area contributed by atoms with Crippen LogP contribution in [0, 0.1) is 0 Å². The van der Waals surface area contributed by atoms with Gasteiger partial charge in [0, 0.05) is 18.0 Å². The molecule has 1 aliphatic rings.